The molecule has 2 aromatic carbocycles. The van der Waals surface area contributed by atoms with Gasteiger partial charge in [-0.15, -0.1) is 0 Å². The first kappa shape index (κ1) is 20.2. The maximum atomic E-state index is 13.3. The summed E-state index contributed by atoms with van der Waals surface area (Å²) < 4.78 is 40.3. The highest BCUT2D eigenvalue weighted by atomic mass is 32.2. The molecule has 1 heterocycles. The Labute approximate surface area is 173 Å². The van der Waals surface area contributed by atoms with Crippen LogP contribution in [0, 0.1) is 5.82 Å². The van der Waals surface area contributed by atoms with E-state index in [-0.39, 0.29) is 29.1 Å². The minimum Gasteiger partial charge on any atom is -0.309 e. The summed E-state index contributed by atoms with van der Waals surface area (Å²) in [6, 6.07) is 14.3. The van der Waals surface area contributed by atoms with Crippen molar-refractivity contribution in [2.24, 2.45) is 0 Å². The van der Waals surface area contributed by atoms with Gasteiger partial charge in [0.05, 0.1) is 10.6 Å². The largest absolute Gasteiger partial charge is 0.309 e. The maximum Gasteiger partial charge on any atom is 0.240 e. The third-order valence-electron chi connectivity index (χ3n) is 4.75. The third kappa shape index (κ3) is 5.11. The molecule has 0 spiro atoms. The minimum atomic E-state index is -3.47. The molecule has 0 radical (unpaired) electrons. The highest BCUT2D eigenvalue weighted by molar-refractivity contribution is 7.89. The number of carbonyl (C=O) groups is 1. The third-order valence-corrected chi connectivity index (χ3v) is 6.29. The van der Waals surface area contributed by atoms with Gasteiger partial charge in [0.1, 0.15) is 5.82 Å². The van der Waals surface area contributed by atoms with Gasteiger partial charge in [-0.3, -0.25) is 9.89 Å². The van der Waals surface area contributed by atoms with Gasteiger partial charge in [-0.1, -0.05) is 24.3 Å². The van der Waals surface area contributed by atoms with Crippen LogP contribution in [0.5, 0.6) is 0 Å². The van der Waals surface area contributed by atoms with Gasteiger partial charge in [-0.05, 0) is 49.1 Å². The van der Waals surface area contributed by atoms with E-state index >= 15 is 0 Å². The summed E-state index contributed by atoms with van der Waals surface area (Å²) in [6.45, 7) is 0. The molecule has 1 fully saturated rings. The smallest absolute Gasteiger partial charge is 0.240 e. The first-order chi connectivity index (χ1) is 14.4. The number of aromatic nitrogens is 2. The van der Waals surface area contributed by atoms with Gasteiger partial charge in [0.15, 0.2) is 5.82 Å². The van der Waals surface area contributed by atoms with Gasteiger partial charge in [0, 0.05) is 24.1 Å². The van der Waals surface area contributed by atoms with E-state index in [4.69, 9.17) is 0 Å². The monoisotopic (exact) mass is 428 g/mol. The fraction of sp³-hybridized carbons (Fsp3) is 0.238. The van der Waals surface area contributed by atoms with Crippen LogP contribution >= 0.6 is 0 Å². The fourth-order valence-electron chi connectivity index (χ4n) is 2.98. The van der Waals surface area contributed by atoms with Crippen molar-refractivity contribution in [2.45, 2.75) is 36.6 Å². The topological polar surface area (TPSA) is 104 Å². The molecule has 1 aromatic heterocycles. The highest BCUT2D eigenvalue weighted by Crippen LogP contribution is 2.23. The summed E-state index contributed by atoms with van der Waals surface area (Å²) in [6.07, 6.45) is 2.44. The van der Waals surface area contributed by atoms with Crippen LogP contribution in [-0.2, 0) is 21.2 Å². The molecule has 1 saturated carbocycles. The summed E-state index contributed by atoms with van der Waals surface area (Å²) in [7, 11) is -3.47. The Hall–Kier alpha value is -3.04. The van der Waals surface area contributed by atoms with Crippen molar-refractivity contribution in [3.8, 4) is 11.3 Å². The van der Waals surface area contributed by atoms with Crippen molar-refractivity contribution in [2.75, 3.05) is 5.32 Å². The zero-order valence-electron chi connectivity index (χ0n) is 16.1. The van der Waals surface area contributed by atoms with Crippen LogP contribution in [0.4, 0.5) is 10.2 Å². The number of benzene rings is 2. The number of hydrogen-bond acceptors (Lipinski definition) is 4. The van der Waals surface area contributed by atoms with E-state index in [2.05, 4.69) is 20.2 Å². The van der Waals surface area contributed by atoms with E-state index in [1.54, 1.807) is 42.5 Å². The molecule has 1 amide bonds. The lowest BCUT2D eigenvalue weighted by Crippen LogP contribution is -2.25. The molecule has 156 valence electrons. The van der Waals surface area contributed by atoms with Gasteiger partial charge in [0.25, 0.3) is 0 Å². The SMILES string of the molecule is O=C(CCc1ccc(S(=O)(=O)NC2CC2)cc1)Nc1cc(-c2cccc(F)c2)[nH]n1. The first-order valence-electron chi connectivity index (χ1n) is 9.61. The van der Waals surface area contributed by atoms with Crippen molar-refractivity contribution in [1.82, 2.24) is 14.9 Å². The molecule has 30 heavy (non-hydrogen) atoms. The van der Waals surface area contributed by atoms with Crippen LogP contribution in [0.1, 0.15) is 24.8 Å². The van der Waals surface area contributed by atoms with Crippen molar-refractivity contribution in [3.63, 3.8) is 0 Å². The van der Waals surface area contributed by atoms with E-state index in [1.807, 2.05) is 0 Å². The van der Waals surface area contributed by atoms with E-state index in [0.29, 0.717) is 23.5 Å². The van der Waals surface area contributed by atoms with Crippen molar-refractivity contribution in [1.29, 1.82) is 0 Å². The molecule has 9 heteroatoms. The molecule has 0 unspecified atom stereocenters. The molecule has 0 saturated heterocycles. The normalized spacial score (nSPS) is 13.9. The Balaban J connectivity index is 1.31. The van der Waals surface area contributed by atoms with Gasteiger partial charge >= 0.3 is 0 Å². The Bertz CT molecular complexity index is 1160. The second-order valence-electron chi connectivity index (χ2n) is 7.26. The molecule has 0 aliphatic heterocycles. The van der Waals surface area contributed by atoms with Crippen molar-refractivity contribution in [3.05, 3.63) is 66.0 Å². The molecule has 3 N–H and O–H groups in total. The molecule has 0 bridgehead atoms. The Morgan fingerprint density at radius 3 is 2.60 bits per heavy atom. The lowest BCUT2D eigenvalue weighted by atomic mass is 10.1. The van der Waals surface area contributed by atoms with Gasteiger partial charge in [0.2, 0.25) is 15.9 Å². The van der Waals surface area contributed by atoms with Gasteiger partial charge < -0.3 is 5.32 Å². The van der Waals surface area contributed by atoms with E-state index in [9.17, 15) is 17.6 Å². The van der Waals surface area contributed by atoms with E-state index in [0.717, 1.165) is 18.4 Å². The summed E-state index contributed by atoms with van der Waals surface area (Å²) >= 11 is 0. The number of amides is 1. The fourth-order valence-corrected chi connectivity index (χ4v) is 4.28. The summed E-state index contributed by atoms with van der Waals surface area (Å²) in [5, 5.41) is 9.50. The lowest BCUT2D eigenvalue weighted by Gasteiger charge is -2.07. The lowest BCUT2D eigenvalue weighted by molar-refractivity contribution is -0.116. The number of aromatic amines is 1. The number of rotatable bonds is 8. The Morgan fingerprint density at radius 1 is 1.13 bits per heavy atom. The number of carbonyl (C=O) groups excluding carboxylic acids is 1. The number of nitrogens with zero attached hydrogens (tertiary/aromatic N) is 1. The molecular weight excluding hydrogens is 407 g/mol. The maximum absolute atomic E-state index is 13.3. The second-order valence-corrected chi connectivity index (χ2v) is 8.98. The minimum absolute atomic E-state index is 0.0573. The number of aryl methyl sites for hydroxylation is 1. The average molecular weight is 428 g/mol. The predicted octanol–water partition coefficient (Wildman–Crippen LogP) is 3.23. The van der Waals surface area contributed by atoms with E-state index < -0.39 is 10.0 Å². The Kier molecular flexibility index (Phi) is 5.65. The van der Waals surface area contributed by atoms with Gasteiger partial charge in [-0.25, -0.2) is 17.5 Å². The molecule has 0 atom stereocenters. The summed E-state index contributed by atoms with van der Waals surface area (Å²) in [4.78, 5) is 12.4. The molecular formula is C21H21FN4O3S. The van der Waals surface area contributed by atoms with Crippen LogP contribution in [0.15, 0.2) is 59.5 Å². The number of sulfonamides is 1. The van der Waals surface area contributed by atoms with Crippen LogP contribution < -0.4 is 10.0 Å². The standard InChI is InChI=1S/C21H21FN4O3S/c22-16-3-1-2-15(12-16)19-13-20(25-24-19)23-21(27)11-6-14-4-9-18(10-5-14)30(28,29)26-17-7-8-17/h1-5,9-10,12-13,17,26H,6-8,11H2,(H2,23,24,25,27). The summed E-state index contributed by atoms with van der Waals surface area (Å²) in [5.41, 5.74) is 2.09. The second kappa shape index (κ2) is 8.37. The Morgan fingerprint density at radius 2 is 1.90 bits per heavy atom. The predicted molar refractivity (Wildman–Crippen MR) is 111 cm³/mol. The molecule has 7 nitrogen and oxygen atoms in total. The van der Waals surface area contributed by atoms with E-state index in [1.165, 1.54) is 12.1 Å². The average Bonchev–Trinajstić information content (AvgIpc) is 3.40. The highest BCUT2D eigenvalue weighted by Gasteiger charge is 2.27. The molecule has 4 rings (SSSR count). The van der Waals surface area contributed by atoms with Crippen LogP contribution in [0.2, 0.25) is 0 Å². The summed E-state index contributed by atoms with van der Waals surface area (Å²) in [5.74, 6) is -0.221. The van der Waals surface area contributed by atoms with Crippen LogP contribution in [-0.4, -0.2) is 30.6 Å². The first-order valence-corrected chi connectivity index (χ1v) is 11.1. The number of nitrogens with one attached hydrogen (secondary N) is 3. The number of H-pyrrole nitrogens is 1. The van der Waals surface area contributed by atoms with Crippen LogP contribution in [0.25, 0.3) is 11.3 Å². The molecule has 3 aromatic rings. The molecule has 1 aliphatic rings. The van der Waals surface area contributed by atoms with Crippen molar-refractivity contribution < 1.29 is 17.6 Å². The number of anilines is 1. The molecule has 1 aliphatic carbocycles. The zero-order chi connectivity index (χ0) is 21.1. The zero-order valence-corrected chi connectivity index (χ0v) is 16.9. The van der Waals surface area contributed by atoms with Gasteiger partial charge in [-0.2, -0.15) is 5.10 Å². The van der Waals surface area contributed by atoms with Crippen molar-refractivity contribution >= 4 is 21.7 Å². The quantitative estimate of drug-likeness (QED) is 0.512. The number of hydrogen-bond donors (Lipinski definition) is 3. The van der Waals surface area contributed by atoms with Crippen LogP contribution in [0.3, 0.4) is 0 Å². The number of halogens is 1.